The highest BCUT2D eigenvalue weighted by molar-refractivity contribution is 9.10. The molecule has 1 aromatic carbocycles. The van der Waals surface area contributed by atoms with Gasteiger partial charge in [-0.05, 0) is 44.5 Å². The van der Waals surface area contributed by atoms with Gasteiger partial charge in [-0.3, -0.25) is 4.79 Å². The molecule has 0 aliphatic carbocycles. The SMILES string of the molecule is CC1SC(C)(C)c2cc(Br)ccc2C1=O. The lowest BCUT2D eigenvalue weighted by Gasteiger charge is -2.34. The second-order valence-electron chi connectivity index (χ2n) is 4.32. The topological polar surface area (TPSA) is 17.1 Å². The van der Waals surface area contributed by atoms with E-state index in [1.165, 1.54) is 0 Å². The predicted octanol–water partition coefficient (Wildman–Crippen LogP) is 4.00. The Morgan fingerprint density at radius 3 is 2.73 bits per heavy atom. The molecule has 1 aliphatic heterocycles. The van der Waals surface area contributed by atoms with Crippen LogP contribution in [0.25, 0.3) is 0 Å². The van der Waals surface area contributed by atoms with Crippen molar-refractivity contribution < 1.29 is 4.79 Å². The summed E-state index contributed by atoms with van der Waals surface area (Å²) in [5.74, 6) is 0.252. The van der Waals surface area contributed by atoms with E-state index in [1.807, 2.05) is 19.1 Å². The number of fused-ring (bicyclic) bond motifs is 1. The molecular formula is C12H13BrOS. The van der Waals surface area contributed by atoms with E-state index < -0.39 is 0 Å². The van der Waals surface area contributed by atoms with Gasteiger partial charge in [0.2, 0.25) is 0 Å². The molecule has 0 fully saturated rings. The second-order valence-corrected chi connectivity index (χ2v) is 7.20. The normalized spacial score (nSPS) is 23.7. The molecule has 0 amide bonds. The number of hydrogen-bond acceptors (Lipinski definition) is 2. The van der Waals surface area contributed by atoms with Crippen LogP contribution in [0.4, 0.5) is 0 Å². The number of hydrogen-bond donors (Lipinski definition) is 0. The molecule has 1 heterocycles. The molecule has 0 N–H and O–H groups in total. The minimum Gasteiger partial charge on any atom is -0.293 e. The molecular weight excluding hydrogens is 272 g/mol. The lowest BCUT2D eigenvalue weighted by molar-refractivity contribution is 0.0989. The van der Waals surface area contributed by atoms with Crippen molar-refractivity contribution in [2.45, 2.75) is 30.8 Å². The van der Waals surface area contributed by atoms with Crippen molar-refractivity contribution in [1.82, 2.24) is 0 Å². The van der Waals surface area contributed by atoms with Gasteiger partial charge in [-0.2, -0.15) is 0 Å². The smallest absolute Gasteiger partial charge is 0.175 e. The van der Waals surface area contributed by atoms with Crippen LogP contribution in [-0.4, -0.2) is 11.0 Å². The molecule has 0 bridgehead atoms. The van der Waals surface area contributed by atoms with E-state index in [1.54, 1.807) is 11.8 Å². The Morgan fingerprint density at radius 2 is 2.07 bits per heavy atom. The number of benzene rings is 1. The average Bonchev–Trinajstić information content (AvgIpc) is 2.14. The van der Waals surface area contributed by atoms with E-state index in [-0.39, 0.29) is 15.8 Å². The Labute approximate surface area is 103 Å². The lowest BCUT2D eigenvalue weighted by atomic mass is 9.92. The molecule has 1 unspecified atom stereocenters. The van der Waals surface area contributed by atoms with Gasteiger partial charge in [-0.1, -0.05) is 15.9 Å². The Balaban J connectivity index is 2.64. The van der Waals surface area contributed by atoms with Gasteiger partial charge in [-0.15, -0.1) is 11.8 Å². The molecule has 2 rings (SSSR count). The highest BCUT2D eigenvalue weighted by Crippen LogP contribution is 2.45. The molecule has 0 saturated heterocycles. The van der Waals surface area contributed by atoms with E-state index >= 15 is 0 Å². The van der Waals surface area contributed by atoms with Gasteiger partial charge < -0.3 is 0 Å². The standard InChI is InChI=1S/C12H13BrOS/c1-7-11(14)9-5-4-8(13)6-10(9)12(2,3)15-7/h4-7H,1-3H3. The van der Waals surface area contributed by atoms with Gasteiger partial charge in [-0.25, -0.2) is 0 Å². The monoisotopic (exact) mass is 284 g/mol. The number of carbonyl (C=O) groups is 1. The van der Waals surface area contributed by atoms with Crippen molar-refractivity contribution in [3.63, 3.8) is 0 Å². The maximum atomic E-state index is 12.0. The highest BCUT2D eigenvalue weighted by Gasteiger charge is 2.36. The van der Waals surface area contributed by atoms with Crippen molar-refractivity contribution in [2.24, 2.45) is 0 Å². The van der Waals surface area contributed by atoms with E-state index in [2.05, 4.69) is 35.8 Å². The van der Waals surface area contributed by atoms with Crippen LogP contribution in [0.5, 0.6) is 0 Å². The summed E-state index contributed by atoms with van der Waals surface area (Å²) < 4.78 is 1.06. The first kappa shape index (κ1) is 11.2. The third-order valence-electron chi connectivity index (χ3n) is 2.74. The Hall–Kier alpha value is -0.280. The first-order valence-corrected chi connectivity index (χ1v) is 6.61. The third-order valence-corrected chi connectivity index (χ3v) is 4.61. The zero-order chi connectivity index (χ0) is 11.2. The fourth-order valence-electron chi connectivity index (χ4n) is 2.01. The van der Waals surface area contributed by atoms with Gasteiger partial charge in [0, 0.05) is 14.8 Å². The number of carbonyl (C=O) groups excluding carboxylic acids is 1. The van der Waals surface area contributed by atoms with Crippen LogP contribution in [0, 0.1) is 0 Å². The van der Waals surface area contributed by atoms with E-state index in [4.69, 9.17) is 0 Å². The van der Waals surface area contributed by atoms with E-state index in [0.29, 0.717) is 0 Å². The van der Waals surface area contributed by atoms with Crippen LogP contribution in [-0.2, 0) is 4.75 Å². The first-order valence-electron chi connectivity index (χ1n) is 4.94. The zero-order valence-electron chi connectivity index (χ0n) is 9.00. The zero-order valence-corrected chi connectivity index (χ0v) is 11.4. The van der Waals surface area contributed by atoms with E-state index in [9.17, 15) is 4.79 Å². The Bertz CT molecular complexity index is 426. The first-order chi connectivity index (χ1) is 6.92. The van der Waals surface area contributed by atoms with Crippen molar-refractivity contribution in [1.29, 1.82) is 0 Å². The third kappa shape index (κ3) is 1.87. The summed E-state index contributed by atoms with van der Waals surface area (Å²) in [6.07, 6.45) is 0. The van der Waals surface area contributed by atoms with Crippen molar-refractivity contribution in [2.75, 3.05) is 0 Å². The van der Waals surface area contributed by atoms with Crippen LogP contribution in [0.3, 0.4) is 0 Å². The summed E-state index contributed by atoms with van der Waals surface area (Å²) in [6.45, 7) is 6.33. The van der Waals surface area contributed by atoms with Gasteiger partial charge >= 0.3 is 0 Å². The van der Waals surface area contributed by atoms with Gasteiger partial charge in [0.15, 0.2) is 5.78 Å². The predicted molar refractivity (Wildman–Crippen MR) is 68.6 cm³/mol. The minimum absolute atomic E-state index is 0.0203. The summed E-state index contributed by atoms with van der Waals surface area (Å²) in [7, 11) is 0. The molecule has 0 spiro atoms. The highest BCUT2D eigenvalue weighted by atomic mass is 79.9. The van der Waals surface area contributed by atoms with Crippen LogP contribution in [0.2, 0.25) is 0 Å². The molecule has 3 heteroatoms. The Kier molecular flexibility index (Phi) is 2.72. The fourth-order valence-corrected chi connectivity index (χ4v) is 3.78. The van der Waals surface area contributed by atoms with Crippen LogP contribution < -0.4 is 0 Å². The van der Waals surface area contributed by atoms with Crippen LogP contribution >= 0.6 is 27.7 Å². The summed E-state index contributed by atoms with van der Waals surface area (Å²) in [4.78, 5) is 12.0. The summed E-state index contributed by atoms with van der Waals surface area (Å²) in [5.41, 5.74) is 2.03. The maximum Gasteiger partial charge on any atom is 0.175 e. The molecule has 0 radical (unpaired) electrons. The number of thioether (sulfide) groups is 1. The number of rotatable bonds is 0. The van der Waals surface area contributed by atoms with Crippen molar-refractivity contribution >= 4 is 33.5 Å². The molecule has 1 aliphatic rings. The maximum absolute atomic E-state index is 12.0. The molecule has 80 valence electrons. The Morgan fingerprint density at radius 1 is 1.40 bits per heavy atom. The second kappa shape index (κ2) is 3.63. The van der Waals surface area contributed by atoms with Crippen LogP contribution in [0.15, 0.2) is 22.7 Å². The minimum atomic E-state index is 0.0203. The van der Waals surface area contributed by atoms with Gasteiger partial charge in [0.1, 0.15) is 0 Å². The average molecular weight is 285 g/mol. The summed E-state index contributed by atoms with van der Waals surface area (Å²) >= 11 is 5.19. The molecule has 1 aromatic rings. The van der Waals surface area contributed by atoms with Gasteiger partial charge in [0.25, 0.3) is 0 Å². The molecule has 15 heavy (non-hydrogen) atoms. The number of ketones is 1. The molecule has 1 atom stereocenters. The largest absolute Gasteiger partial charge is 0.293 e. The lowest BCUT2D eigenvalue weighted by Crippen LogP contribution is -2.30. The number of Topliss-reactive ketones (excluding diaryl/α,β-unsaturated/α-hetero) is 1. The van der Waals surface area contributed by atoms with E-state index in [0.717, 1.165) is 15.6 Å². The number of halogens is 1. The van der Waals surface area contributed by atoms with Crippen molar-refractivity contribution in [3.8, 4) is 0 Å². The van der Waals surface area contributed by atoms with Gasteiger partial charge in [0.05, 0.1) is 5.25 Å². The molecule has 0 saturated carbocycles. The fraction of sp³-hybridized carbons (Fsp3) is 0.417. The quantitative estimate of drug-likeness (QED) is 0.716. The summed E-state index contributed by atoms with van der Waals surface area (Å²) in [6, 6.07) is 5.93. The van der Waals surface area contributed by atoms with Crippen molar-refractivity contribution in [3.05, 3.63) is 33.8 Å². The molecule has 1 nitrogen and oxygen atoms in total. The summed E-state index contributed by atoms with van der Waals surface area (Å²) in [5, 5.41) is 0.0636. The van der Waals surface area contributed by atoms with Crippen LogP contribution in [0.1, 0.15) is 36.7 Å². The molecule has 0 aromatic heterocycles.